The van der Waals surface area contributed by atoms with Crippen molar-refractivity contribution in [3.05, 3.63) is 67.9 Å². The first-order chi connectivity index (χ1) is 10.0. The first kappa shape index (κ1) is 16.8. The molecule has 21 heavy (non-hydrogen) atoms. The minimum atomic E-state index is -0.284. The maximum atomic E-state index is 14.0. The minimum absolute atomic E-state index is 0.00345. The molecule has 0 saturated carbocycles. The number of hydrogen-bond acceptors (Lipinski definition) is 1. The lowest BCUT2D eigenvalue weighted by atomic mass is 9.98. The Bertz CT molecular complexity index is 634. The zero-order valence-electron chi connectivity index (χ0n) is 11.5. The third-order valence-corrected chi connectivity index (χ3v) is 4.70. The maximum Gasteiger partial charge on any atom is 0.127 e. The molecule has 0 aliphatic heterocycles. The van der Waals surface area contributed by atoms with Crippen LogP contribution in [-0.2, 0) is 6.42 Å². The van der Waals surface area contributed by atoms with Crippen LogP contribution in [0.25, 0.3) is 0 Å². The summed E-state index contributed by atoms with van der Waals surface area (Å²) < 4.78 is 14.8. The van der Waals surface area contributed by atoms with Crippen molar-refractivity contribution in [3.63, 3.8) is 0 Å². The van der Waals surface area contributed by atoms with E-state index in [0.717, 1.165) is 16.6 Å². The van der Waals surface area contributed by atoms with E-state index in [1.807, 2.05) is 25.1 Å². The van der Waals surface area contributed by atoms with Crippen LogP contribution in [0.15, 0.2) is 40.9 Å². The van der Waals surface area contributed by atoms with Crippen molar-refractivity contribution in [1.82, 2.24) is 5.32 Å². The Morgan fingerprint density at radius 2 is 1.95 bits per heavy atom. The molecule has 0 aliphatic carbocycles. The lowest BCUT2D eigenvalue weighted by Gasteiger charge is -2.19. The molecule has 1 N–H and O–H groups in total. The predicted octanol–water partition coefficient (Wildman–Crippen LogP) is 5.79. The molecule has 0 saturated heterocycles. The Hall–Kier alpha value is -0.610. The smallest absolute Gasteiger partial charge is 0.127 e. The molecule has 0 radical (unpaired) electrons. The highest BCUT2D eigenvalue weighted by molar-refractivity contribution is 9.10. The molecule has 5 heteroatoms. The van der Waals surface area contributed by atoms with Crippen molar-refractivity contribution < 1.29 is 4.39 Å². The number of rotatable bonds is 5. The van der Waals surface area contributed by atoms with Gasteiger partial charge in [-0.1, -0.05) is 42.3 Å². The van der Waals surface area contributed by atoms with Crippen LogP contribution in [0.4, 0.5) is 4.39 Å². The molecular formula is C16H15BrCl2FN. The summed E-state index contributed by atoms with van der Waals surface area (Å²) in [6.07, 6.45) is 0.537. The molecule has 0 heterocycles. The van der Waals surface area contributed by atoms with Gasteiger partial charge in [0.25, 0.3) is 0 Å². The lowest BCUT2D eigenvalue weighted by molar-refractivity contribution is 0.528. The lowest BCUT2D eigenvalue weighted by Crippen LogP contribution is -2.23. The summed E-state index contributed by atoms with van der Waals surface area (Å²) in [5.74, 6) is -0.284. The van der Waals surface area contributed by atoms with E-state index in [1.165, 1.54) is 6.07 Å². The van der Waals surface area contributed by atoms with Gasteiger partial charge < -0.3 is 5.32 Å². The predicted molar refractivity (Wildman–Crippen MR) is 90.7 cm³/mol. The van der Waals surface area contributed by atoms with Crippen LogP contribution in [0.2, 0.25) is 10.0 Å². The molecule has 1 atom stereocenters. The van der Waals surface area contributed by atoms with Gasteiger partial charge in [0.05, 0.1) is 5.02 Å². The number of hydrogen-bond donors (Lipinski definition) is 1. The summed E-state index contributed by atoms with van der Waals surface area (Å²) in [6.45, 7) is 2.80. The largest absolute Gasteiger partial charge is 0.310 e. The number of nitrogens with one attached hydrogen (secondary N) is 1. The molecule has 0 fully saturated rings. The molecule has 0 aromatic heterocycles. The van der Waals surface area contributed by atoms with Crippen molar-refractivity contribution in [1.29, 1.82) is 0 Å². The van der Waals surface area contributed by atoms with Crippen molar-refractivity contribution in [2.45, 2.75) is 19.4 Å². The average Bonchev–Trinajstić information content (AvgIpc) is 2.44. The van der Waals surface area contributed by atoms with E-state index >= 15 is 0 Å². The molecule has 1 nitrogen and oxygen atoms in total. The summed E-state index contributed by atoms with van der Waals surface area (Å²) in [6, 6.07) is 10.6. The van der Waals surface area contributed by atoms with E-state index in [1.54, 1.807) is 12.1 Å². The van der Waals surface area contributed by atoms with Gasteiger partial charge in [-0.05, 0) is 64.3 Å². The molecule has 2 aromatic carbocycles. The monoisotopic (exact) mass is 389 g/mol. The Labute approximate surface area is 142 Å². The standard InChI is InChI=1S/C16H15BrCl2FN/c1-2-21-16(11-4-6-13(17)14(19)7-11)8-10-3-5-12(18)9-15(10)20/h3-7,9,16,21H,2,8H2,1H3. The number of halogens is 4. The van der Waals surface area contributed by atoms with Crippen LogP contribution in [0.5, 0.6) is 0 Å². The maximum absolute atomic E-state index is 14.0. The summed E-state index contributed by atoms with van der Waals surface area (Å²) >= 11 is 15.3. The van der Waals surface area contributed by atoms with Gasteiger partial charge in [-0.25, -0.2) is 4.39 Å². The third-order valence-electron chi connectivity index (χ3n) is 3.24. The van der Waals surface area contributed by atoms with Crippen LogP contribution >= 0.6 is 39.1 Å². The van der Waals surface area contributed by atoms with Crippen LogP contribution in [0, 0.1) is 5.82 Å². The second-order valence-corrected chi connectivity index (χ2v) is 6.42. The average molecular weight is 391 g/mol. The van der Waals surface area contributed by atoms with E-state index in [2.05, 4.69) is 21.2 Å². The normalized spacial score (nSPS) is 12.4. The summed E-state index contributed by atoms with van der Waals surface area (Å²) in [5.41, 5.74) is 1.66. The Kier molecular flexibility index (Phi) is 6.06. The van der Waals surface area contributed by atoms with E-state index in [9.17, 15) is 4.39 Å². The fourth-order valence-corrected chi connectivity index (χ4v) is 2.78. The van der Waals surface area contributed by atoms with E-state index in [4.69, 9.17) is 23.2 Å². The highest BCUT2D eigenvalue weighted by Crippen LogP contribution is 2.28. The molecule has 2 rings (SSSR count). The van der Waals surface area contributed by atoms with Gasteiger partial charge in [-0.3, -0.25) is 0 Å². The van der Waals surface area contributed by atoms with E-state index in [-0.39, 0.29) is 11.9 Å². The molecule has 0 amide bonds. The fraction of sp³-hybridized carbons (Fsp3) is 0.250. The van der Waals surface area contributed by atoms with Crippen molar-refractivity contribution in [3.8, 4) is 0 Å². The summed E-state index contributed by atoms with van der Waals surface area (Å²) in [7, 11) is 0. The molecule has 0 spiro atoms. The van der Waals surface area contributed by atoms with Crippen molar-refractivity contribution >= 4 is 39.1 Å². The van der Waals surface area contributed by atoms with Gasteiger partial charge in [0.2, 0.25) is 0 Å². The van der Waals surface area contributed by atoms with Gasteiger partial charge in [0.15, 0.2) is 0 Å². The van der Waals surface area contributed by atoms with Gasteiger partial charge in [-0.15, -0.1) is 0 Å². The third kappa shape index (κ3) is 4.43. The SMILES string of the molecule is CCNC(Cc1ccc(Cl)cc1F)c1ccc(Br)c(Cl)c1. The molecule has 2 aromatic rings. The first-order valence-corrected chi connectivity index (χ1v) is 8.18. The minimum Gasteiger partial charge on any atom is -0.310 e. The Morgan fingerprint density at radius 3 is 2.57 bits per heavy atom. The van der Waals surface area contributed by atoms with Crippen LogP contribution < -0.4 is 5.32 Å². The second-order valence-electron chi connectivity index (χ2n) is 4.72. The topological polar surface area (TPSA) is 12.0 Å². The van der Waals surface area contributed by atoms with Gasteiger partial charge >= 0.3 is 0 Å². The molecule has 112 valence electrons. The zero-order valence-corrected chi connectivity index (χ0v) is 14.6. The highest BCUT2D eigenvalue weighted by atomic mass is 79.9. The van der Waals surface area contributed by atoms with Crippen LogP contribution in [0.3, 0.4) is 0 Å². The van der Waals surface area contributed by atoms with E-state index in [0.29, 0.717) is 22.0 Å². The molecule has 1 unspecified atom stereocenters. The Balaban J connectivity index is 2.28. The number of benzene rings is 2. The Morgan fingerprint density at radius 1 is 1.19 bits per heavy atom. The van der Waals surface area contributed by atoms with Crippen molar-refractivity contribution in [2.75, 3.05) is 6.54 Å². The zero-order chi connectivity index (χ0) is 15.4. The second kappa shape index (κ2) is 7.59. The van der Waals surface area contributed by atoms with Crippen molar-refractivity contribution in [2.24, 2.45) is 0 Å². The number of likely N-dealkylation sites (N-methyl/N-ethyl adjacent to an activating group) is 1. The highest BCUT2D eigenvalue weighted by Gasteiger charge is 2.15. The molecular weight excluding hydrogens is 376 g/mol. The summed E-state index contributed by atoms with van der Waals surface area (Å²) in [5, 5.41) is 4.41. The fourth-order valence-electron chi connectivity index (χ4n) is 2.19. The van der Waals surface area contributed by atoms with E-state index < -0.39 is 0 Å². The van der Waals surface area contributed by atoms with Gasteiger partial charge in [0.1, 0.15) is 5.82 Å². The quantitative estimate of drug-likeness (QED) is 0.681. The van der Waals surface area contributed by atoms with Crippen LogP contribution in [-0.4, -0.2) is 6.54 Å². The molecule has 0 aliphatic rings. The van der Waals surface area contributed by atoms with Gasteiger partial charge in [-0.2, -0.15) is 0 Å². The van der Waals surface area contributed by atoms with Crippen LogP contribution in [0.1, 0.15) is 24.1 Å². The first-order valence-electron chi connectivity index (χ1n) is 6.63. The van der Waals surface area contributed by atoms with Gasteiger partial charge in [0, 0.05) is 15.5 Å². The molecule has 0 bridgehead atoms. The summed E-state index contributed by atoms with van der Waals surface area (Å²) in [4.78, 5) is 0.